The minimum absolute atomic E-state index is 0.0728. The highest BCUT2D eigenvalue weighted by Gasteiger charge is 2.23. The first-order valence-corrected chi connectivity index (χ1v) is 7.25. The highest BCUT2D eigenvalue weighted by atomic mass is 16.5. The van der Waals surface area contributed by atoms with Crippen LogP contribution in [0.15, 0.2) is 24.3 Å². The van der Waals surface area contributed by atoms with E-state index in [1.54, 1.807) is 0 Å². The minimum atomic E-state index is -0.801. The number of carbonyl (C=O) groups is 1. The van der Waals surface area contributed by atoms with E-state index in [-0.39, 0.29) is 12.5 Å². The first-order chi connectivity index (χ1) is 10.1. The van der Waals surface area contributed by atoms with Crippen LogP contribution in [0.2, 0.25) is 0 Å². The fourth-order valence-corrected chi connectivity index (χ4v) is 3.00. The summed E-state index contributed by atoms with van der Waals surface area (Å²) in [6, 6.07) is 8.28. The fourth-order valence-electron chi connectivity index (χ4n) is 3.00. The van der Waals surface area contributed by atoms with Gasteiger partial charge in [-0.2, -0.15) is 0 Å². The molecule has 1 saturated heterocycles. The van der Waals surface area contributed by atoms with Crippen molar-refractivity contribution in [2.75, 3.05) is 19.7 Å². The number of morpholine rings is 1. The summed E-state index contributed by atoms with van der Waals surface area (Å²) >= 11 is 0. The number of aromatic amines is 1. The van der Waals surface area contributed by atoms with Gasteiger partial charge in [-0.3, -0.25) is 9.69 Å². The number of nitrogens with zero attached hydrogens (tertiary/aromatic N) is 1. The van der Waals surface area contributed by atoms with E-state index in [1.165, 1.54) is 16.6 Å². The second-order valence-corrected chi connectivity index (χ2v) is 5.60. The van der Waals surface area contributed by atoms with Crippen LogP contribution in [0.25, 0.3) is 10.9 Å². The molecular formula is C16H20N2O3. The Hall–Kier alpha value is -1.85. The molecule has 3 rings (SSSR count). The van der Waals surface area contributed by atoms with Crippen LogP contribution < -0.4 is 0 Å². The molecule has 112 valence electrons. The summed E-state index contributed by atoms with van der Waals surface area (Å²) in [6.07, 6.45) is -0.134. The van der Waals surface area contributed by atoms with Gasteiger partial charge in [0, 0.05) is 36.2 Å². The minimum Gasteiger partial charge on any atom is -0.481 e. The summed E-state index contributed by atoms with van der Waals surface area (Å²) in [5.41, 5.74) is 3.62. The van der Waals surface area contributed by atoms with Crippen LogP contribution in [0.4, 0.5) is 0 Å². The standard InChI is InChI=1S/C16H20N2O3/c1-11-14(13-4-2-3-5-15(13)17-11)10-18-6-7-21-12(9-18)8-16(19)20/h2-5,12,17H,6-10H2,1H3,(H,19,20). The van der Waals surface area contributed by atoms with Crippen molar-refractivity contribution >= 4 is 16.9 Å². The number of fused-ring (bicyclic) bond motifs is 1. The van der Waals surface area contributed by atoms with Gasteiger partial charge in [0.1, 0.15) is 0 Å². The molecule has 0 radical (unpaired) electrons. The summed E-state index contributed by atoms with van der Waals surface area (Å²) in [5, 5.41) is 10.1. The van der Waals surface area contributed by atoms with Gasteiger partial charge in [-0.1, -0.05) is 18.2 Å². The van der Waals surface area contributed by atoms with Crippen molar-refractivity contribution in [3.05, 3.63) is 35.5 Å². The first kappa shape index (κ1) is 14.1. The number of hydrogen-bond donors (Lipinski definition) is 2. The number of ether oxygens (including phenoxy) is 1. The Morgan fingerprint density at radius 3 is 3.10 bits per heavy atom. The molecule has 2 heterocycles. The van der Waals surface area contributed by atoms with Gasteiger partial charge in [-0.25, -0.2) is 0 Å². The number of benzene rings is 1. The molecular weight excluding hydrogens is 268 g/mol. The van der Waals surface area contributed by atoms with Crippen LogP contribution in [0.1, 0.15) is 17.7 Å². The second kappa shape index (κ2) is 5.87. The third-order valence-corrected chi connectivity index (χ3v) is 4.03. The molecule has 0 bridgehead atoms. The average Bonchev–Trinajstić information content (AvgIpc) is 2.75. The molecule has 21 heavy (non-hydrogen) atoms. The Balaban J connectivity index is 1.75. The maximum absolute atomic E-state index is 10.8. The fraction of sp³-hybridized carbons (Fsp3) is 0.438. The number of aromatic nitrogens is 1. The van der Waals surface area contributed by atoms with E-state index < -0.39 is 5.97 Å². The lowest BCUT2D eigenvalue weighted by molar-refractivity contribution is -0.142. The molecule has 5 nitrogen and oxygen atoms in total. The predicted octanol–water partition coefficient (Wildman–Crippen LogP) is 2.15. The van der Waals surface area contributed by atoms with Gasteiger partial charge < -0.3 is 14.8 Å². The van der Waals surface area contributed by atoms with Crippen LogP contribution in [0.5, 0.6) is 0 Å². The Morgan fingerprint density at radius 1 is 1.48 bits per heavy atom. The smallest absolute Gasteiger partial charge is 0.306 e. The zero-order chi connectivity index (χ0) is 14.8. The Morgan fingerprint density at radius 2 is 2.29 bits per heavy atom. The van der Waals surface area contributed by atoms with E-state index in [0.717, 1.165) is 18.6 Å². The lowest BCUT2D eigenvalue weighted by atomic mass is 10.1. The van der Waals surface area contributed by atoms with Gasteiger partial charge in [0.05, 0.1) is 19.1 Å². The molecule has 1 unspecified atom stereocenters. The number of hydrogen-bond acceptors (Lipinski definition) is 3. The Bertz CT molecular complexity index is 650. The number of H-pyrrole nitrogens is 1. The van der Waals surface area contributed by atoms with E-state index in [1.807, 2.05) is 12.1 Å². The quantitative estimate of drug-likeness (QED) is 0.904. The van der Waals surface area contributed by atoms with E-state index in [0.29, 0.717) is 13.2 Å². The molecule has 1 aliphatic heterocycles. The molecule has 1 atom stereocenters. The SMILES string of the molecule is Cc1[nH]c2ccccc2c1CN1CCOC(CC(=O)O)C1. The highest BCUT2D eigenvalue weighted by molar-refractivity contribution is 5.84. The molecule has 1 aromatic carbocycles. The zero-order valence-corrected chi connectivity index (χ0v) is 12.1. The lowest BCUT2D eigenvalue weighted by Crippen LogP contribution is -2.42. The monoisotopic (exact) mass is 288 g/mol. The average molecular weight is 288 g/mol. The van der Waals surface area contributed by atoms with E-state index in [9.17, 15) is 4.79 Å². The Labute approximate surface area is 123 Å². The summed E-state index contributed by atoms with van der Waals surface area (Å²) in [5.74, 6) is -0.801. The largest absolute Gasteiger partial charge is 0.481 e. The summed E-state index contributed by atoms with van der Waals surface area (Å²) in [4.78, 5) is 16.5. The molecule has 0 aliphatic carbocycles. The molecule has 1 aromatic heterocycles. The molecule has 1 fully saturated rings. The van der Waals surface area contributed by atoms with Crippen LogP contribution in [-0.2, 0) is 16.1 Å². The maximum Gasteiger partial charge on any atom is 0.306 e. The number of rotatable bonds is 4. The molecule has 0 amide bonds. The predicted molar refractivity (Wildman–Crippen MR) is 80.3 cm³/mol. The molecule has 2 aromatic rings. The summed E-state index contributed by atoms with van der Waals surface area (Å²) < 4.78 is 5.53. The summed E-state index contributed by atoms with van der Waals surface area (Å²) in [7, 11) is 0. The number of aryl methyl sites for hydroxylation is 1. The highest BCUT2D eigenvalue weighted by Crippen LogP contribution is 2.24. The number of para-hydroxylation sites is 1. The topological polar surface area (TPSA) is 65.6 Å². The first-order valence-electron chi connectivity index (χ1n) is 7.25. The van der Waals surface area contributed by atoms with Crippen LogP contribution >= 0.6 is 0 Å². The maximum atomic E-state index is 10.8. The van der Waals surface area contributed by atoms with Crippen molar-refractivity contribution in [3.63, 3.8) is 0 Å². The van der Waals surface area contributed by atoms with Gasteiger partial charge >= 0.3 is 5.97 Å². The van der Waals surface area contributed by atoms with Gasteiger partial charge in [0.15, 0.2) is 0 Å². The van der Waals surface area contributed by atoms with E-state index >= 15 is 0 Å². The van der Waals surface area contributed by atoms with Gasteiger partial charge in [0.2, 0.25) is 0 Å². The molecule has 0 saturated carbocycles. The van der Waals surface area contributed by atoms with E-state index in [4.69, 9.17) is 9.84 Å². The Kier molecular flexibility index (Phi) is 3.94. The van der Waals surface area contributed by atoms with E-state index in [2.05, 4.69) is 28.9 Å². The van der Waals surface area contributed by atoms with Crippen molar-refractivity contribution < 1.29 is 14.6 Å². The molecule has 1 aliphatic rings. The van der Waals surface area contributed by atoms with Crippen molar-refractivity contribution in [3.8, 4) is 0 Å². The summed E-state index contributed by atoms with van der Waals surface area (Å²) in [6.45, 7) is 5.03. The van der Waals surface area contributed by atoms with Crippen LogP contribution in [-0.4, -0.2) is 46.8 Å². The number of carboxylic acid groups (broad SMARTS) is 1. The van der Waals surface area contributed by atoms with Crippen molar-refractivity contribution in [1.82, 2.24) is 9.88 Å². The third kappa shape index (κ3) is 3.09. The number of carboxylic acids is 1. The van der Waals surface area contributed by atoms with Crippen molar-refractivity contribution in [2.45, 2.75) is 26.0 Å². The third-order valence-electron chi connectivity index (χ3n) is 4.03. The van der Waals surface area contributed by atoms with Crippen LogP contribution in [0, 0.1) is 6.92 Å². The van der Waals surface area contributed by atoms with Crippen molar-refractivity contribution in [2.24, 2.45) is 0 Å². The number of aliphatic carboxylic acids is 1. The lowest BCUT2D eigenvalue weighted by Gasteiger charge is -2.32. The van der Waals surface area contributed by atoms with Gasteiger partial charge in [-0.05, 0) is 18.6 Å². The van der Waals surface area contributed by atoms with Gasteiger partial charge in [0.25, 0.3) is 0 Å². The molecule has 2 N–H and O–H groups in total. The van der Waals surface area contributed by atoms with Crippen LogP contribution in [0.3, 0.4) is 0 Å². The molecule has 5 heteroatoms. The second-order valence-electron chi connectivity index (χ2n) is 5.60. The van der Waals surface area contributed by atoms with Crippen molar-refractivity contribution in [1.29, 1.82) is 0 Å². The van der Waals surface area contributed by atoms with Gasteiger partial charge in [-0.15, -0.1) is 0 Å². The normalized spacial score (nSPS) is 20.0. The zero-order valence-electron chi connectivity index (χ0n) is 12.1. The number of nitrogens with one attached hydrogen (secondary N) is 1. The molecule has 0 spiro atoms.